The van der Waals surface area contributed by atoms with Gasteiger partial charge in [0.05, 0.1) is 25.0 Å². The molecule has 1 aliphatic carbocycles. The molecular weight excluding hydrogens is 300 g/mol. The summed E-state index contributed by atoms with van der Waals surface area (Å²) in [7, 11) is 1.56. The number of aryl methyl sites for hydroxylation is 1. The summed E-state index contributed by atoms with van der Waals surface area (Å²) in [6, 6.07) is 1.81. The van der Waals surface area contributed by atoms with Gasteiger partial charge in [-0.1, -0.05) is 0 Å². The summed E-state index contributed by atoms with van der Waals surface area (Å²) in [4.78, 5) is 24.3. The second kappa shape index (κ2) is 4.35. The maximum atomic E-state index is 12.3. The van der Waals surface area contributed by atoms with E-state index in [0.29, 0.717) is 36.5 Å². The predicted molar refractivity (Wildman–Crippen MR) is 79.4 cm³/mol. The largest absolute Gasteiger partial charge is 0.496 e. The Bertz CT molecular complexity index is 925. The van der Waals surface area contributed by atoms with E-state index in [-0.39, 0.29) is 23.6 Å². The number of ketones is 1. The van der Waals surface area contributed by atoms with Crippen LogP contribution in [0.4, 0.5) is 0 Å². The van der Waals surface area contributed by atoms with E-state index in [1.807, 2.05) is 6.07 Å². The van der Waals surface area contributed by atoms with Crippen LogP contribution in [0.15, 0.2) is 15.3 Å². The zero-order valence-corrected chi connectivity index (χ0v) is 12.5. The molecule has 0 N–H and O–H groups in total. The number of hydrogen-bond acceptors (Lipinski definition) is 6. The Balaban J connectivity index is 1.92. The average molecular weight is 314 g/mol. The molecule has 1 fully saturated rings. The molecule has 118 valence electrons. The highest BCUT2D eigenvalue weighted by molar-refractivity contribution is 6.06. The first-order chi connectivity index (χ1) is 11.2. The minimum absolute atomic E-state index is 0.0525. The molecule has 1 aromatic heterocycles. The number of hydrogen-bond donors (Lipinski definition) is 0. The van der Waals surface area contributed by atoms with Gasteiger partial charge in [0.15, 0.2) is 5.78 Å². The molecule has 1 saturated heterocycles. The van der Waals surface area contributed by atoms with Crippen molar-refractivity contribution >= 4 is 16.8 Å². The number of carbonyl (C=O) groups is 1. The molecular formula is C17H14O6. The van der Waals surface area contributed by atoms with Crippen molar-refractivity contribution in [1.29, 1.82) is 0 Å². The van der Waals surface area contributed by atoms with Crippen molar-refractivity contribution < 1.29 is 23.4 Å². The van der Waals surface area contributed by atoms with E-state index in [2.05, 4.69) is 0 Å². The highest BCUT2D eigenvalue weighted by atomic mass is 16.7. The molecule has 0 spiro atoms. The molecule has 2 aliphatic heterocycles. The summed E-state index contributed by atoms with van der Waals surface area (Å²) in [6.45, 7) is 0.621. The second-order valence-corrected chi connectivity index (χ2v) is 6.11. The predicted octanol–water partition coefficient (Wildman–Crippen LogP) is 2.15. The maximum Gasteiger partial charge on any atom is 0.347 e. The number of benzene rings is 1. The van der Waals surface area contributed by atoms with Crippen molar-refractivity contribution in [2.24, 2.45) is 0 Å². The first-order valence-corrected chi connectivity index (χ1v) is 7.71. The van der Waals surface area contributed by atoms with Gasteiger partial charge in [0, 0.05) is 18.1 Å². The van der Waals surface area contributed by atoms with E-state index in [0.717, 1.165) is 22.9 Å². The normalized spacial score (nSPS) is 24.5. The summed E-state index contributed by atoms with van der Waals surface area (Å²) in [5, 5.41) is 0.725. The van der Waals surface area contributed by atoms with Crippen molar-refractivity contribution in [3.63, 3.8) is 0 Å². The molecule has 0 saturated carbocycles. The first kappa shape index (κ1) is 13.1. The molecule has 2 aromatic rings. The van der Waals surface area contributed by atoms with Crippen molar-refractivity contribution in [3.8, 4) is 11.5 Å². The van der Waals surface area contributed by atoms with Gasteiger partial charge in [0.1, 0.15) is 22.6 Å². The van der Waals surface area contributed by atoms with E-state index in [4.69, 9.17) is 18.6 Å². The van der Waals surface area contributed by atoms with Crippen LogP contribution in [0.5, 0.6) is 11.5 Å². The molecule has 0 radical (unpaired) electrons. The van der Waals surface area contributed by atoms with E-state index >= 15 is 0 Å². The molecule has 23 heavy (non-hydrogen) atoms. The molecule has 5 rings (SSSR count). The minimum atomic E-state index is -0.562. The lowest BCUT2D eigenvalue weighted by Crippen LogP contribution is -2.14. The van der Waals surface area contributed by atoms with Crippen LogP contribution < -0.4 is 15.1 Å². The Labute approximate surface area is 130 Å². The quantitative estimate of drug-likeness (QED) is 0.751. The molecule has 0 bridgehead atoms. The Kier molecular flexibility index (Phi) is 2.48. The summed E-state index contributed by atoms with van der Waals surface area (Å²) >= 11 is 0. The number of Topliss-reactive ketones (excluding diaryl/α,β-unsaturated/α-hetero) is 1. The third kappa shape index (κ3) is 1.56. The van der Waals surface area contributed by atoms with E-state index < -0.39 is 5.63 Å². The van der Waals surface area contributed by atoms with Crippen LogP contribution in [0, 0.1) is 0 Å². The van der Waals surface area contributed by atoms with Crippen LogP contribution in [-0.2, 0) is 11.2 Å². The smallest absolute Gasteiger partial charge is 0.347 e. The highest BCUT2D eigenvalue weighted by Crippen LogP contribution is 2.51. The van der Waals surface area contributed by atoms with E-state index in [1.165, 1.54) is 0 Å². The Morgan fingerprint density at radius 3 is 2.96 bits per heavy atom. The fourth-order valence-corrected chi connectivity index (χ4v) is 4.00. The number of fused-ring (bicyclic) bond motifs is 7. The average Bonchev–Trinajstić information content (AvgIpc) is 3.20. The maximum absolute atomic E-state index is 12.3. The Hall–Kier alpha value is -2.34. The highest BCUT2D eigenvalue weighted by Gasteiger charge is 2.43. The molecule has 3 heterocycles. The van der Waals surface area contributed by atoms with Crippen LogP contribution in [0.2, 0.25) is 0 Å². The number of methoxy groups -OCH3 is 1. The van der Waals surface area contributed by atoms with Crippen LogP contribution in [-0.4, -0.2) is 25.8 Å². The lowest BCUT2D eigenvalue weighted by atomic mass is 9.94. The van der Waals surface area contributed by atoms with Crippen molar-refractivity contribution in [3.05, 3.63) is 33.2 Å². The van der Waals surface area contributed by atoms with Crippen LogP contribution in [0.25, 0.3) is 11.0 Å². The topological polar surface area (TPSA) is 75.0 Å². The van der Waals surface area contributed by atoms with E-state index in [1.54, 1.807) is 7.11 Å². The van der Waals surface area contributed by atoms with Crippen molar-refractivity contribution in [1.82, 2.24) is 0 Å². The second-order valence-electron chi connectivity index (χ2n) is 6.11. The third-order valence-corrected chi connectivity index (χ3v) is 5.00. The van der Waals surface area contributed by atoms with Crippen LogP contribution >= 0.6 is 0 Å². The fraction of sp³-hybridized carbons (Fsp3) is 0.412. The lowest BCUT2D eigenvalue weighted by molar-refractivity contribution is -0.0337. The molecule has 1 aromatic carbocycles. The van der Waals surface area contributed by atoms with E-state index in [9.17, 15) is 9.59 Å². The molecule has 2 atom stereocenters. The molecule has 0 amide bonds. The van der Waals surface area contributed by atoms with Crippen LogP contribution in [0.3, 0.4) is 0 Å². The molecule has 3 aliphatic rings. The van der Waals surface area contributed by atoms with Gasteiger partial charge in [-0.25, -0.2) is 4.79 Å². The standard InChI is InChI=1S/C17H14O6/c1-20-10-6-11-14(8-4-5-21-17(8)22-11)15-13(10)7-2-3-9(18)12(7)16(19)23-15/h6,8,17H,2-5H2,1H3/t8-,17+/m1/s1. The van der Waals surface area contributed by atoms with Crippen LogP contribution in [0.1, 0.15) is 40.2 Å². The summed E-state index contributed by atoms with van der Waals surface area (Å²) < 4.78 is 22.5. The first-order valence-electron chi connectivity index (χ1n) is 7.71. The van der Waals surface area contributed by atoms with Crippen molar-refractivity contribution in [2.75, 3.05) is 13.7 Å². The van der Waals surface area contributed by atoms with Gasteiger partial charge in [0.25, 0.3) is 0 Å². The number of rotatable bonds is 1. The van der Waals surface area contributed by atoms with Gasteiger partial charge in [-0.05, 0) is 18.4 Å². The summed E-state index contributed by atoms with van der Waals surface area (Å²) in [6.07, 6.45) is 1.36. The van der Waals surface area contributed by atoms with Gasteiger partial charge in [-0.2, -0.15) is 0 Å². The van der Waals surface area contributed by atoms with Gasteiger partial charge in [0.2, 0.25) is 6.29 Å². The zero-order chi connectivity index (χ0) is 15.7. The SMILES string of the molecule is COc1cc2c(c3oc(=O)c4c(c13)CCC4=O)[C@H]1CCO[C@H]1O2. The summed E-state index contributed by atoms with van der Waals surface area (Å²) in [5.41, 5.74) is 1.70. The molecule has 6 nitrogen and oxygen atoms in total. The van der Waals surface area contributed by atoms with Gasteiger partial charge in [-0.3, -0.25) is 4.79 Å². The van der Waals surface area contributed by atoms with Crippen molar-refractivity contribution in [2.45, 2.75) is 31.5 Å². The fourth-order valence-electron chi connectivity index (χ4n) is 4.00. The third-order valence-electron chi connectivity index (χ3n) is 5.00. The Morgan fingerprint density at radius 2 is 2.13 bits per heavy atom. The lowest BCUT2D eigenvalue weighted by Gasteiger charge is -2.13. The van der Waals surface area contributed by atoms with Gasteiger partial charge in [-0.15, -0.1) is 0 Å². The van der Waals surface area contributed by atoms with Gasteiger partial charge >= 0.3 is 5.63 Å². The number of ether oxygens (including phenoxy) is 3. The summed E-state index contributed by atoms with van der Waals surface area (Å²) in [5.74, 6) is 1.10. The molecule has 6 heteroatoms. The number of carbonyl (C=O) groups excluding carboxylic acids is 1. The minimum Gasteiger partial charge on any atom is -0.496 e. The zero-order valence-electron chi connectivity index (χ0n) is 12.5. The van der Waals surface area contributed by atoms with Gasteiger partial charge < -0.3 is 18.6 Å². The monoisotopic (exact) mass is 314 g/mol. The molecule has 0 unspecified atom stereocenters. The Morgan fingerprint density at radius 1 is 1.26 bits per heavy atom.